The van der Waals surface area contributed by atoms with Crippen LogP contribution in [0.5, 0.6) is 0 Å². The predicted molar refractivity (Wildman–Crippen MR) is 62.9 cm³/mol. The van der Waals surface area contributed by atoms with Crippen molar-refractivity contribution in [1.29, 1.82) is 0 Å². The second kappa shape index (κ2) is 6.07. The van der Waals surface area contributed by atoms with Crippen LogP contribution in [0.25, 0.3) is 0 Å². The lowest BCUT2D eigenvalue weighted by molar-refractivity contribution is -0.184. The fourth-order valence-corrected chi connectivity index (χ4v) is 2.24. The molecular formula is C11H17BrF3NO. The molecule has 0 bridgehead atoms. The molecule has 0 saturated heterocycles. The third-order valence-corrected chi connectivity index (χ3v) is 4.15. The van der Waals surface area contributed by atoms with Gasteiger partial charge in [0.2, 0.25) is 5.91 Å². The second-order valence-electron chi connectivity index (χ2n) is 4.65. The van der Waals surface area contributed by atoms with Crippen molar-refractivity contribution in [1.82, 2.24) is 5.32 Å². The standard InChI is InChI=1S/C11H17BrF3NO/c1-7(6-12)16-10(17)8-2-4-9(5-3-8)11(13,14)15/h7-9H,2-6H2,1H3,(H,16,17). The van der Waals surface area contributed by atoms with Gasteiger partial charge in [-0.1, -0.05) is 15.9 Å². The number of hydrogen-bond acceptors (Lipinski definition) is 1. The summed E-state index contributed by atoms with van der Waals surface area (Å²) in [5, 5.41) is 3.44. The molecule has 1 N–H and O–H groups in total. The highest BCUT2D eigenvalue weighted by Gasteiger charge is 2.42. The molecule has 1 unspecified atom stereocenters. The third kappa shape index (κ3) is 4.48. The van der Waals surface area contributed by atoms with Crippen molar-refractivity contribution in [2.24, 2.45) is 11.8 Å². The second-order valence-corrected chi connectivity index (χ2v) is 5.30. The van der Waals surface area contributed by atoms with Gasteiger partial charge in [-0.15, -0.1) is 0 Å². The Morgan fingerprint density at radius 2 is 1.88 bits per heavy atom. The van der Waals surface area contributed by atoms with E-state index in [4.69, 9.17) is 0 Å². The molecule has 1 aliphatic rings. The molecule has 1 atom stereocenters. The Morgan fingerprint density at radius 3 is 2.29 bits per heavy atom. The van der Waals surface area contributed by atoms with E-state index < -0.39 is 12.1 Å². The zero-order chi connectivity index (χ0) is 13.1. The van der Waals surface area contributed by atoms with Crippen LogP contribution in [0.1, 0.15) is 32.6 Å². The van der Waals surface area contributed by atoms with Crippen LogP contribution in [0.4, 0.5) is 13.2 Å². The normalized spacial score (nSPS) is 27.6. The molecule has 1 amide bonds. The number of amides is 1. The first-order valence-electron chi connectivity index (χ1n) is 5.77. The largest absolute Gasteiger partial charge is 0.391 e. The van der Waals surface area contributed by atoms with Crippen LogP contribution in [0.15, 0.2) is 0 Å². The molecule has 1 aliphatic carbocycles. The van der Waals surface area contributed by atoms with Gasteiger partial charge in [0.1, 0.15) is 0 Å². The number of nitrogens with one attached hydrogen (secondary N) is 1. The van der Waals surface area contributed by atoms with Crippen LogP contribution in [0.3, 0.4) is 0 Å². The summed E-state index contributed by atoms with van der Waals surface area (Å²) in [5.74, 6) is -1.59. The van der Waals surface area contributed by atoms with Crippen LogP contribution < -0.4 is 5.32 Å². The van der Waals surface area contributed by atoms with Crippen LogP contribution >= 0.6 is 15.9 Å². The zero-order valence-corrected chi connectivity index (χ0v) is 11.3. The van der Waals surface area contributed by atoms with Gasteiger partial charge in [0, 0.05) is 17.3 Å². The molecule has 0 aromatic rings. The van der Waals surface area contributed by atoms with Crippen molar-refractivity contribution in [2.75, 3.05) is 5.33 Å². The lowest BCUT2D eigenvalue weighted by Gasteiger charge is -2.29. The van der Waals surface area contributed by atoms with Crippen molar-refractivity contribution in [2.45, 2.75) is 44.8 Å². The minimum atomic E-state index is -4.11. The molecule has 0 aromatic carbocycles. The van der Waals surface area contributed by atoms with E-state index in [0.717, 1.165) is 0 Å². The van der Waals surface area contributed by atoms with E-state index in [2.05, 4.69) is 21.2 Å². The van der Waals surface area contributed by atoms with Crippen molar-refractivity contribution < 1.29 is 18.0 Å². The Bertz CT molecular complexity index is 262. The van der Waals surface area contributed by atoms with Gasteiger partial charge < -0.3 is 5.32 Å². The Kier molecular flexibility index (Phi) is 5.28. The fourth-order valence-electron chi connectivity index (χ4n) is 2.08. The molecule has 0 radical (unpaired) electrons. The summed E-state index contributed by atoms with van der Waals surface area (Å²) in [6, 6.07) is 0.0165. The first-order chi connectivity index (χ1) is 7.84. The summed E-state index contributed by atoms with van der Waals surface area (Å²) in [7, 11) is 0. The highest BCUT2D eigenvalue weighted by molar-refractivity contribution is 9.09. The van der Waals surface area contributed by atoms with Gasteiger partial charge in [0.15, 0.2) is 0 Å². The number of alkyl halides is 4. The zero-order valence-electron chi connectivity index (χ0n) is 9.69. The SMILES string of the molecule is CC(CBr)NC(=O)C1CCC(C(F)(F)F)CC1. The summed E-state index contributed by atoms with van der Waals surface area (Å²) < 4.78 is 37.3. The van der Waals surface area contributed by atoms with Crippen LogP contribution in [-0.4, -0.2) is 23.5 Å². The van der Waals surface area contributed by atoms with Crippen LogP contribution in [0.2, 0.25) is 0 Å². The average molecular weight is 316 g/mol. The number of carbonyl (C=O) groups excluding carboxylic acids is 1. The predicted octanol–water partition coefficient (Wildman–Crippen LogP) is 3.25. The summed E-state index contributed by atoms with van der Waals surface area (Å²) >= 11 is 3.24. The monoisotopic (exact) mass is 315 g/mol. The van der Waals surface area contributed by atoms with Crippen molar-refractivity contribution in [3.05, 3.63) is 0 Å². The summed E-state index contributed by atoms with van der Waals surface area (Å²) in [6.45, 7) is 1.86. The molecule has 0 aliphatic heterocycles. The molecule has 1 fully saturated rings. The molecule has 0 aromatic heterocycles. The Morgan fingerprint density at radius 1 is 1.35 bits per heavy atom. The van der Waals surface area contributed by atoms with Gasteiger partial charge in [0.05, 0.1) is 5.92 Å². The van der Waals surface area contributed by atoms with Gasteiger partial charge in [-0.25, -0.2) is 0 Å². The first kappa shape index (κ1) is 14.8. The number of carbonyl (C=O) groups is 1. The molecule has 6 heteroatoms. The Hall–Kier alpha value is -0.260. The van der Waals surface area contributed by atoms with E-state index >= 15 is 0 Å². The average Bonchev–Trinajstić information content (AvgIpc) is 2.27. The molecule has 1 rings (SSSR count). The van der Waals surface area contributed by atoms with Crippen LogP contribution in [-0.2, 0) is 4.79 Å². The van der Waals surface area contributed by atoms with Crippen molar-refractivity contribution in [3.8, 4) is 0 Å². The lowest BCUT2D eigenvalue weighted by Crippen LogP contribution is -2.40. The molecule has 2 nitrogen and oxygen atoms in total. The maximum absolute atomic E-state index is 12.4. The fraction of sp³-hybridized carbons (Fsp3) is 0.909. The van der Waals surface area contributed by atoms with E-state index in [1.54, 1.807) is 0 Å². The van der Waals surface area contributed by atoms with Gasteiger partial charge in [0.25, 0.3) is 0 Å². The quantitative estimate of drug-likeness (QED) is 0.796. The van der Waals surface area contributed by atoms with E-state index in [0.29, 0.717) is 18.2 Å². The third-order valence-electron chi connectivity index (χ3n) is 3.18. The topological polar surface area (TPSA) is 29.1 Å². The number of hydrogen-bond donors (Lipinski definition) is 1. The van der Waals surface area contributed by atoms with Gasteiger partial charge in [-0.3, -0.25) is 4.79 Å². The number of rotatable bonds is 3. The molecule has 0 heterocycles. The Labute approximate surface area is 107 Å². The molecule has 0 spiro atoms. The lowest BCUT2D eigenvalue weighted by atomic mass is 9.81. The first-order valence-corrected chi connectivity index (χ1v) is 6.89. The molecule has 17 heavy (non-hydrogen) atoms. The van der Waals surface area contributed by atoms with Crippen molar-refractivity contribution in [3.63, 3.8) is 0 Å². The maximum atomic E-state index is 12.4. The Balaban J connectivity index is 2.39. The molecule has 1 saturated carbocycles. The van der Waals surface area contributed by atoms with Gasteiger partial charge in [-0.2, -0.15) is 13.2 Å². The maximum Gasteiger partial charge on any atom is 0.391 e. The van der Waals surface area contributed by atoms with E-state index in [1.165, 1.54) is 0 Å². The highest BCUT2D eigenvalue weighted by Crippen LogP contribution is 2.39. The van der Waals surface area contributed by atoms with E-state index in [-0.39, 0.29) is 30.7 Å². The van der Waals surface area contributed by atoms with Crippen molar-refractivity contribution >= 4 is 21.8 Å². The molecular weight excluding hydrogens is 299 g/mol. The minimum Gasteiger partial charge on any atom is -0.353 e. The minimum absolute atomic E-state index is 0.0165. The summed E-state index contributed by atoms with van der Waals surface area (Å²) in [5.41, 5.74) is 0. The summed E-state index contributed by atoms with van der Waals surface area (Å²) in [4.78, 5) is 11.7. The smallest absolute Gasteiger partial charge is 0.353 e. The molecule has 100 valence electrons. The number of halogens is 4. The summed E-state index contributed by atoms with van der Waals surface area (Å²) in [6.07, 6.45) is -3.28. The van der Waals surface area contributed by atoms with Crippen LogP contribution in [0, 0.1) is 11.8 Å². The van der Waals surface area contributed by atoms with Gasteiger partial charge in [-0.05, 0) is 32.6 Å². The van der Waals surface area contributed by atoms with E-state index in [9.17, 15) is 18.0 Å². The van der Waals surface area contributed by atoms with Gasteiger partial charge >= 0.3 is 6.18 Å². The van der Waals surface area contributed by atoms with E-state index in [1.807, 2.05) is 6.92 Å². The highest BCUT2D eigenvalue weighted by atomic mass is 79.9.